The van der Waals surface area contributed by atoms with Crippen LogP contribution in [0.1, 0.15) is 16.8 Å². The molecular weight excluding hydrogens is 609 g/mol. The predicted octanol–water partition coefficient (Wildman–Crippen LogP) is 2.91. The van der Waals surface area contributed by atoms with E-state index in [1.807, 2.05) is 4.90 Å². The van der Waals surface area contributed by atoms with Gasteiger partial charge in [-0.15, -0.1) is 0 Å². The van der Waals surface area contributed by atoms with E-state index in [2.05, 4.69) is 5.32 Å². The Morgan fingerprint density at radius 2 is 1.81 bits per heavy atom. The number of thioether (sulfide) groups is 1. The number of nitrogens with zero attached hydrogens (tertiary/aromatic N) is 1. The largest absolute Gasteiger partial charge is 0.480 e. The van der Waals surface area contributed by atoms with Crippen molar-refractivity contribution in [2.75, 3.05) is 42.3 Å². The number of carboxylic acids is 1. The molecule has 42 heavy (non-hydrogen) atoms. The van der Waals surface area contributed by atoms with Crippen LogP contribution in [-0.2, 0) is 34.3 Å². The maximum absolute atomic E-state index is 12.8. The van der Waals surface area contributed by atoms with Crippen LogP contribution in [0.15, 0.2) is 86.5 Å². The molecule has 0 aromatic heterocycles. The Hall–Kier alpha value is -3.76. The normalized spacial score (nSPS) is 17.6. The molecule has 222 valence electrons. The number of ketones is 2. The van der Waals surface area contributed by atoms with Gasteiger partial charge in [-0.1, -0.05) is 36.0 Å². The van der Waals surface area contributed by atoms with Crippen LogP contribution in [0.3, 0.4) is 0 Å². The number of benzene rings is 2. The minimum Gasteiger partial charge on any atom is -0.480 e. The molecule has 4 rings (SSSR count). The van der Waals surface area contributed by atoms with Gasteiger partial charge >= 0.3 is 5.97 Å². The Bertz CT molecular complexity index is 1730. The smallest absolute Gasteiger partial charge is 0.329 e. The average Bonchev–Trinajstić information content (AvgIpc) is 3.35. The number of Topliss-reactive ketones (excluding diaryl/α,β-unsaturated/α-hetero) is 2. The Morgan fingerprint density at radius 3 is 2.52 bits per heavy atom. The zero-order chi connectivity index (χ0) is 30.5. The molecule has 2 heterocycles. The number of nitrogens with one attached hydrogen (secondary N) is 1. The van der Waals surface area contributed by atoms with Gasteiger partial charge < -0.3 is 20.1 Å². The highest BCUT2D eigenvalue weighted by molar-refractivity contribution is 8.03. The SMILES string of the molecule is O=C(O)COCC(=O)CNc1ccc2c(c1)SC(=CC=CC=C1C(=O)c3ccccc3S1(=O)=O)N2CCCS(=O)(=O)O. The second kappa shape index (κ2) is 13.0. The number of sulfone groups is 1. The number of aliphatic carboxylic acids is 1. The van der Waals surface area contributed by atoms with Crippen LogP contribution in [0.5, 0.6) is 0 Å². The summed E-state index contributed by atoms with van der Waals surface area (Å²) in [4.78, 5) is 37.4. The number of hydrogen-bond donors (Lipinski definition) is 3. The lowest BCUT2D eigenvalue weighted by Gasteiger charge is -2.20. The molecule has 0 unspecified atom stereocenters. The third-order valence-corrected chi connectivity index (χ3v) is 9.78. The fourth-order valence-corrected chi connectivity index (χ4v) is 7.38. The highest BCUT2D eigenvalue weighted by Gasteiger charge is 2.38. The molecule has 3 N–H and O–H groups in total. The summed E-state index contributed by atoms with van der Waals surface area (Å²) in [6.07, 6.45) is 6.06. The molecule has 0 spiro atoms. The van der Waals surface area contributed by atoms with Crippen LogP contribution in [-0.4, -0.2) is 76.1 Å². The number of fused-ring (bicyclic) bond motifs is 2. The van der Waals surface area contributed by atoms with Crippen molar-refractivity contribution in [3.8, 4) is 0 Å². The van der Waals surface area contributed by atoms with Gasteiger partial charge in [0.25, 0.3) is 10.1 Å². The van der Waals surface area contributed by atoms with Gasteiger partial charge in [0.1, 0.15) is 18.1 Å². The molecule has 0 aliphatic carbocycles. The Labute approximate surface area is 246 Å². The van der Waals surface area contributed by atoms with Crippen LogP contribution >= 0.6 is 11.8 Å². The van der Waals surface area contributed by atoms with E-state index in [0.29, 0.717) is 10.7 Å². The van der Waals surface area contributed by atoms with E-state index >= 15 is 0 Å². The molecule has 0 radical (unpaired) electrons. The molecule has 0 fully saturated rings. The first-order valence-corrected chi connectivity index (χ1v) is 16.3. The number of hydrogen-bond acceptors (Lipinski definition) is 11. The van der Waals surface area contributed by atoms with E-state index in [0.717, 1.165) is 10.6 Å². The Balaban J connectivity index is 1.50. The lowest BCUT2D eigenvalue weighted by atomic mass is 10.1. The van der Waals surface area contributed by atoms with Crippen molar-refractivity contribution in [1.29, 1.82) is 0 Å². The summed E-state index contributed by atoms with van der Waals surface area (Å²) in [5.41, 5.74) is 1.48. The molecule has 2 aliphatic heterocycles. The monoisotopic (exact) mass is 634 g/mol. The number of carbonyl (C=O) groups excluding carboxylic acids is 2. The van der Waals surface area contributed by atoms with Gasteiger partial charge in [-0.2, -0.15) is 8.42 Å². The first kappa shape index (κ1) is 31.2. The standard InChI is InChI=1S/C27H26N2O10S3/c30-19(16-39-17-26(31)32)15-28-18-10-11-21-22(14-18)40-25(29(21)12-5-13-41(34,35)36)9-4-3-8-24-27(33)20-6-1-2-7-23(20)42(24,37)38/h1-4,6-11,14,28H,5,12-13,15-17H2,(H,31,32)(H,34,35,36). The van der Waals surface area contributed by atoms with Gasteiger partial charge in [0, 0.05) is 22.7 Å². The molecule has 2 aromatic carbocycles. The van der Waals surface area contributed by atoms with Crippen LogP contribution in [0.4, 0.5) is 11.4 Å². The van der Waals surface area contributed by atoms with Crippen molar-refractivity contribution in [1.82, 2.24) is 0 Å². The fraction of sp³-hybridized carbons (Fsp3) is 0.222. The van der Waals surface area contributed by atoms with Crippen LogP contribution in [0.2, 0.25) is 0 Å². The highest BCUT2D eigenvalue weighted by Crippen LogP contribution is 2.47. The third-order valence-electron chi connectivity index (χ3n) is 6.03. The fourth-order valence-electron chi connectivity index (χ4n) is 4.19. The van der Waals surface area contributed by atoms with Crippen molar-refractivity contribution >= 4 is 60.6 Å². The van der Waals surface area contributed by atoms with Gasteiger partial charge in [0.15, 0.2) is 5.78 Å². The molecule has 0 bridgehead atoms. The number of allylic oxidation sites excluding steroid dienone is 5. The van der Waals surface area contributed by atoms with Gasteiger partial charge in [0.05, 0.1) is 27.9 Å². The topological polar surface area (TPSA) is 184 Å². The minimum absolute atomic E-state index is 0.0290. The van der Waals surface area contributed by atoms with Crippen molar-refractivity contribution in [3.05, 3.63) is 82.3 Å². The van der Waals surface area contributed by atoms with E-state index in [1.54, 1.807) is 42.5 Å². The van der Waals surface area contributed by atoms with E-state index < -0.39 is 44.1 Å². The van der Waals surface area contributed by atoms with Crippen LogP contribution < -0.4 is 10.2 Å². The zero-order valence-corrected chi connectivity index (χ0v) is 24.4. The molecule has 2 aromatic rings. The van der Waals surface area contributed by atoms with Gasteiger partial charge in [-0.3, -0.25) is 14.1 Å². The van der Waals surface area contributed by atoms with Crippen molar-refractivity contribution in [3.63, 3.8) is 0 Å². The quantitative estimate of drug-likeness (QED) is 0.216. The summed E-state index contributed by atoms with van der Waals surface area (Å²) >= 11 is 1.34. The van der Waals surface area contributed by atoms with E-state index in [4.69, 9.17) is 14.4 Å². The summed E-state index contributed by atoms with van der Waals surface area (Å²) in [5.74, 6) is -2.54. The number of carbonyl (C=O) groups is 3. The zero-order valence-electron chi connectivity index (χ0n) is 21.9. The third kappa shape index (κ3) is 7.54. The van der Waals surface area contributed by atoms with E-state index in [9.17, 15) is 31.2 Å². The molecule has 2 aliphatic rings. The first-order valence-electron chi connectivity index (χ1n) is 12.4. The lowest BCUT2D eigenvalue weighted by molar-refractivity contribution is -0.143. The first-order chi connectivity index (χ1) is 19.9. The Morgan fingerprint density at radius 1 is 1.07 bits per heavy atom. The van der Waals surface area contributed by atoms with Crippen molar-refractivity contribution in [2.24, 2.45) is 0 Å². The second-order valence-corrected chi connectivity index (χ2v) is 13.6. The minimum atomic E-state index is -4.16. The van der Waals surface area contributed by atoms with Gasteiger partial charge in [0.2, 0.25) is 15.6 Å². The van der Waals surface area contributed by atoms with Crippen LogP contribution in [0.25, 0.3) is 0 Å². The molecule has 12 nitrogen and oxygen atoms in total. The Kier molecular flexibility index (Phi) is 9.68. The summed E-state index contributed by atoms with van der Waals surface area (Å²) in [5, 5.41) is 12.2. The molecule has 0 atom stereocenters. The lowest BCUT2D eigenvalue weighted by Crippen LogP contribution is -2.22. The second-order valence-electron chi connectivity index (χ2n) is 9.10. The average molecular weight is 635 g/mol. The summed E-state index contributed by atoms with van der Waals surface area (Å²) in [7, 11) is -8.08. The number of carboxylic acid groups (broad SMARTS) is 1. The molecule has 0 amide bonds. The van der Waals surface area contributed by atoms with Crippen molar-refractivity contribution in [2.45, 2.75) is 16.2 Å². The number of ether oxygens (including phenoxy) is 1. The molecule has 0 saturated carbocycles. The van der Waals surface area contributed by atoms with E-state index in [-0.39, 0.29) is 47.3 Å². The number of rotatable bonds is 13. The summed E-state index contributed by atoms with van der Waals surface area (Å²) in [6, 6.07) is 11.3. The molecule has 15 heteroatoms. The maximum Gasteiger partial charge on any atom is 0.329 e. The summed E-state index contributed by atoms with van der Waals surface area (Å²) in [6.45, 7) is -0.772. The summed E-state index contributed by atoms with van der Waals surface area (Å²) < 4.78 is 62.0. The van der Waals surface area contributed by atoms with Gasteiger partial charge in [-0.05, 0) is 48.9 Å². The highest BCUT2D eigenvalue weighted by atomic mass is 32.2. The predicted molar refractivity (Wildman–Crippen MR) is 156 cm³/mol. The molecular formula is C27H26N2O10S3. The molecule has 0 saturated heterocycles. The van der Waals surface area contributed by atoms with Crippen molar-refractivity contribution < 1.29 is 45.6 Å². The van der Waals surface area contributed by atoms with Gasteiger partial charge in [-0.25, -0.2) is 13.2 Å². The van der Waals surface area contributed by atoms with Crippen LogP contribution in [0, 0.1) is 0 Å². The maximum atomic E-state index is 12.8. The van der Waals surface area contributed by atoms with E-state index in [1.165, 1.54) is 36.0 Å². The number of anilines is 2.